The quantitative estimate of drug-likeness (QED) is 0.725. The summed E-state index contributed by atoms with van der Waals surface area (Å²) < 4.78 is 27.3. The Morgan fingerprint density at radius 2 is 1.96 bits per heavy atom. The first kappa shape index (κ1) is 18.8. The molecule has 2 aliphatic rings. The number of rotatable bonds is 6. The van der Waals surface area contributed by atoms with Crippen LogP contribution in [-0.2, 0) is 26.0 Å². The molecule has 142 valence electrons. The van der Waals surface area contributed by atoms with Gasteiger partial charge < -0.3 is 15.1 Å². The molecule has 0 radical (unpaired) electrons. The fraction of sp³-hybridized carbons (Fsp3) is 0.529. The molecule has 0 saturated carbocycles. The first-order valence-electron chi connectivity index (χ1n) is 8.81. The second-order valence-corrected chi connectivity index (χ2v) is 8.27. The van der Waals surface area contributed by atoms with Crippen molar-refractivity contribution in [2.45, 2.75) is 24.7 Å². The van der Waals surface area contributed by atoms with Crippen LogP contribution >= 0.6 is 0 Å². The minimum Gasteiger partial charge on any atom is -0.340 e. The SMILES string of the molecule is CCN1CCN(C(=O)CCNS(=O)(=O)c2ccc3c(c2)CC(=O)N3)CC1. The van der Waals surface area contributed by atoms with Gasteiger partial charge in [-0.15, -0.1) is 0 Å². The highest BCUT2D eigenvalue weighted by atomic mass is 32.2. The number of likely N-dealkylation sites (N-methyl/N-ethyl adjacent to an activating group) is 1. The van der Waals surface area contributed by atoms with E-state index in [2.05, 4.69) is 21.9 Å². The molecule has 2 aliphatic heterocycles. The number of fused-ring (bicyclic) bond motifs is 1. The molecular formula is C17H24N4O4S. The van der Waals surface area contributed by atoms with Crippen LogP contribution in [-0.4, -0.2) is 69.3 Å². The van der Waals surface area contributed by atoms with Crippen molar-refractivity contribution >= 4 is 27.5 Å². The van der Waals surface area contributed by atoms with Gasteiger partial charge >= 0.3 is 0 Å². The third-order valence-electron chi connectivity index (χ3n) is 4.82. The van der Waals surface area contributed by atoms with Gasteiger partial charge in [0.25, 0.3) is 0 Å². The maximum absolute atomic E-state index is 12.4. The molecule has 0 unspecified atom stereocenters. The van der Waals surface area contributed by atoms with Gasteiger partial charge in [0.2, 0.25) is 21.8 Å². The third-order valence-corrected chi connectivity index (χ3v) is 6.27. The van der Waals surface area contributed by atoms with Crippen LogP contribution in [0.2, 0.25) is 0 Å². The number of amides is 2. The van der Waals surface area contributed by atoms with E-state index in [0.717, 1.165) is 19.6 Å². The number of nitrogens with one attached hydrogen (secondary N) is 2. The van der Waals surface area contributed by atoms with E-state index in [4.69, 9.17) is 0 Å². The van der Waals surface area contributed by atoms with Crippen LogP contribution in [0.25, 0.3) is 0 Å². The number of carbonyl (C=O) groups is 2. The van der Waals surface area contributed by atoms with Gasteiger partial charge in [0, 0.05) is 44.8 Å². The Bertz CT molecular complexity index is 801. The molecule has 26 heavy (non-hydrogen) atoms. The molecule has 1 saturated heterocycles. The molecule has 1 aromatic rings. The summed E-state index contributed by atoms with van der Waals surface area (Å²) >= 11 is 0. The van der Waals surface area contributed by atoms with Crippen LogP contribution in [0, 0.1) is 0 Å². The van der Waals surface area contributed by atoms with E-state index in [0.29, 0.717) is 24.3 Å². The maximum Gasteiger partial charge on any atom is 0.240 e. The summed E-state index contributed by atoms with van der Waals surface area (Å²) in [6.45, 7) is 6.21. The van der Waals surface area contributed by atoms with Crippen molar-refractivity contribution in [2.75, 3.05) is 44.6 Å². The molecule has 2 amide bonds. The van der Waals surface area contributed by atoms with Crippen molar-refractivity contribution in [3.63, 3.8) is 0 Å². The minimum atomic E-state index is -3.71. The molecular weight excluding hydrogens is 356 g/mol. The Balaban J connectivity index is 1.52. The molecule has 0 atom stereocenters. The van der Waals surface area contributed by atoms with E-state index in [1.807, 2.05) is 0 Å². The second-order valence-electron chi connectivity index (χ2n) is 6.51. The highest BCUT2D eigenvalue weighted by Crippen LogP contribution is 2.25. The van der Waals surface area contributed by atoms with Gasteiger partial charge in [-0.1, -0.05) is 6.92 Å². The number of hydrogen-bond acceptors (Lipinski definition) is 5. The number of piperazine rings is 1. The average molecular weight is 380 g/mol. The predicted octanol–water partition coefficient (Wildman–Crippen LogP) is 0.0137. The number of sulfonamides is 1. The van der Waals surface area contributed by atoms with Gasteiger partial charge in [-0.2, -0.15) is 0 Å². The molecule has 9 heteroatoms. The van der Waals surface area contributed by atoms with Crippen molar-refractivity contribution in [1.82, 2.24) is 14.5 Å². The first-order chi connectivity index (χ1) is 12.4. The Kier molecular flexibility index (Phi) is 5.59. The average Bonchev–Trinajstić information content (AvgIpc) is 3.00. The van der Waals surface area contributed by atoms with E-state index in [1.165, 1.54) is 12.1 Å². The maximum atomic E-state index is 12.4. The van der Waals surface area contributed by atoms with Gasteiger partial charge in [0.05, 0.1) is 11.3 Å². The fourth-order valence-corrected chi connectivity index (χ4v) is 4.30. The van der Waals surface area contributed by atoms with Crippen LogP contribution in [0.5, 0.6) is 0 Å². The van der Waals surface area contributed by atoms with Crippen LogP contribution in [0.4, 0.5) is 5.69 Å². The Morgan fingerprint density at radius 3 is 2.65 bits per heavy atom. The molecule has 8 nitrogen and oxygen atoms in total. The Morgan fingerprint density at radius 1 is 1.23 bits per heavy atom. The molecule has 2 heterocycles. The lowest BCUT2D eigenvalue weighted by Gasteiger charge is -2.34. The molecule has 2 N–H and O–H groups in total. The topological polar surface area (TPSA) is 98.8 Å². The summed E-state index contributed by atoms with van der Waals surface area (Å²) in [5.74, 6) is -0.177. The molecule has 1 fully saturated rings. The van der Waals surface area contributed by atoms with E-state index < -0.39 is 10.0 Å². The van der Waals surface area contributed by atoms with Gasteiger partial charge in [0.15, 0.2) is 0 Å². The summed E-state index contributed by atoms with van der Waals surface area (Å²) in [6.07, 6.45) is 0.317. The van der Waals surface area contributed by atoms with E-state index in [9.17, 15) is 18.0 Å². The molecule has 1 aromatic carbocycles. The number of carbonyl (C=O) groups excluding carboxylic acids is 2. The van der Waals surface area contributed by atoms with Gasteiger partial charge in [-0.3, -0.25) is 9.59 Å². The first-order valence-corrected chi connectivity index (χ1v) is 10.3. The summed E-state index contributed by atoms with van der Waals surface area (Å²) in [5.41, 5.74) is 1.32. The zero-order chi connectivity index (χ0) is 18.7. The van der Waals surface area contributed by atoms with E-state index >= 15 is 0 Å². The number of benzene rings is 1. The van der Waals surface area contributed by atoms with Gasteiger partial charge in [-0.05, 0) is 30.3 Å². The lowest BCUT2D eigenvalue weighted by molar-refractivity contribution is -0.132. The zero-order valence-electron chi connectivity index (χ0n) is 14.8. The standard InChI is InChI=1S/C17H24N4O4S/c1-2-20-7-9-21(10-8-20)17(23)5-6-18-26(24,25)14-3-4-15-13(11-14)12-16(22)19-15/h3-4,11,18H,2,5-10,12H2,1H3,(H,19,22). The molecule has 0 spiro atoms. The normalized spacial score (nSPS) is 17.9. The monoisotopic (exact) mass is 380 g/mol. The molecule has 0 aliphatic carbocycles. The van der Waals surface area contributed by atoms with Crippen molar-refractivity contribution in [2.24, 2.45) is 0 Å². The van der Waals surface area contributed by atoms with Crippen molar-refractivity contribution in [1.29, 1.82) is 0 Å². The molecule has 0 bridgehead atoms. The Hall–Kier alpha value is -1.97. The van der Waals surface area contributed by atoms with Gasteiger partial charge in [-0.25, -0.2) is 13.1 Å². The van der Waals surface area contributed by atoms with Crippen LogP contribution < -0.4 is 10.0 Å². The third kappa shape index (κ3) is 4.22. The van der Waals surface area contributed by atoms with Crippen LogP contribution in [0.3, 0.4) is 0 Å². The summed E-state index contributed by atoms with van der Waals surface area (Å²) in [7, 11) is -3.71. The van der Waals surface area contributed by atoms with E-state index in [1.54, 1.807) is 11.0 Å². The van der Waals surface area contributed by atoms with Crippen LogP contribution in [0.15, 0.2) is 23.1 Å². The predicted molar refractivity (Wildman–Crippen MR) is 97.3 cm³/mol. The van der Waals surface area contributed by atoms with Gasteiger partial charge in [0.1, 0.15) is 0 Å². The highest BCUT2D eigenvalue weighted by molar-refractivity contribution is 7.89. The highest BCUT2D eigenvalue weighted by Gasteiger charge is 2.23. The smallest absolute Gasteiger partial charge is 0.240 e. The Labute approximate surface area is 153 Å². The second kappa shape index (κ2) is 7.73. The van der Waals surface area contributed by atoms with E-state index in [-0.39, 0.29) is 36.1 Å². The largest absolute Gasteiger partial charge is 0.340 e. The summed E-state index contributed by atoms with van der Waals surface area (Å²) in [6, 6.07) is 4.55. The van der Waals surface area contributed by atoms with Crippen molar-refractivity contribution < 1.29 is 18.0 Å². The zero-order valence-corrected chi connectivity index (χ0v) is 15.6. The number of nitrogens with zero attached hydrogens (tertiary/aromatic N) is 2. The minimum absolute atomic E-state index is 0.0350. The summed E-state index contributed by atoms with van der Waals surface area (Å²) in [5, 5.41) is 2.67. The molecule has 0 aromatic heterocycles. The molecule has 3 rings (SSSR count). The lowest BCUT2D eigenvalue weighted by atomic mass is 10.2. The van der Waals surface area contributed by atoms with Crippen molar-refractivity contribution in [3.05, 3.63) is 23.8 Å². The number of anilines is 1. The number of hydrogen-bond donors (Lipinski definition) is 2. The van der Waals surface area contributed by atoms with Crippen LogP contribution in [0.1, 0.15) is 18.9 Å². The fourth-order valence-electron chi connectivity index (χ4n) is 3.22. The van der Waals surface area contributed by atoms with Crippen molar-refractivity contribution in [3.8, 4) is 0 Å². The lowest BCUT2D eigenvalue weighted by Crippen LogP contribution is -2.49. The summed E-state index contributed by atoms with van der Waals surface area (Å²) in [4.78, 5) is 27.8.